The SMILES string of the molecule is CC(C)Oc1ccccc1C(=O)N1CCc2c(nc(C(C)C)n2C)C1. The van der Waals surface area contributed by atoms with E-state index in [1.54, 1.807) is 0 Å². The second kappa shape index (κ2) is 6.90. The molecule has 0 N–H and O–H groups in total. The number of aromatic nitrogens is 2. The summed E-state index contributed by atoms with van der Waals surface area (Å²) in [7, 11) is 2.07. The smallest absolute Gasteiger partial charge is 0.257 e. The Labute approximate surface area is 149 Å². The summed E-state index contributed by atoms with van der Waals surface area (Å²) in [6.07, 6.45) is 0.871. The highest BCUT2D eigenvalue weighted by molar-refractivity contribution is 5.97. The molecule has 1 aromatic carbocycles. The van der Waals surface area contributed by atoms with Crippen LogP contribution in [0.4, 0.5) is 0 Å². The summed E-state index contributed by atoms with van der Waals surface area (Å²) in [6, 6.07) is 7.48. The lowest BCUT2D eigenvalue weighted by Gasteiger charge is -2.27. The molecule has 5 nitrogen and oxygen atoms in total. The van der Waals surface area contributed by atoms with Crippen LogP contribution in [0.2, 0.25) is 0 Å². The fourth-order valence-corrected chi connectivity index (χ4v) is 3.41. The van der Waals surface area contributed by atoms with Crippen molar-refractivity contribution in [2.45, 2.75) is 52.7 Å². The van der Waals surface area contributed by atoms with Gasteiger partial charge in [0.15, 0.2) is 0 Å². The molecular weight excluding hydrogens is 314 g/mol. The zero-order chi connectivity index (χ0) is 18.1. The summed E-state index contributed by atoms with van der Waals surface area (Å²) in [5, 5.41) is 0. The molecule has 0 bridgehead atoms. The van der Waals surface area contributed by atoms with Crippen LogP contribution in [0, 0.1) is 0 Å². The summed E-state index contributed by atoms with van der Waals surface area (Å²) >= 11 is 0. The van der Waals surface area contributed by atoms with E-state index in [1.807, 2.05) is 43.0 Å². The molecule has 5 heteroatoms. The van der Waals surface area contributed by atoms with Crippen LogP contribution in [0.15, 0.2) is 24.3 Å². The number of nitrogens with zero attached hydrogens (tertiary/aromatic N) is 3. The van der Waals surface area contributed by atoms with Gasteiger partial charge in [0.1, 0.15) is 11.6 Å². The Bertz CT molecular complexity index is 777. The Hall–Kier alpha value is -2.30. The average molecular weight is 341 g/mol. The standard InChI is InChI=1S/C20H27N3O2/c1-13(2)19-21-16-12-23(11-10-17(16)22(19)5)20(24)15-8-6-7-9-18(15)25-14(3)4/h6-9,13-14H,10-12H2,1-5H3. The lowest BCUT2D eigenvalue weighted by molar-refractivity contribution is 0.0725. The van der Waals surface area contributed by atoms with E-state index in [0.29, 0.717) is 30.3 Å². The van der Waals surface area contributed by atoms with Crippen molar-refractivity contribution in [1.82, 2.24) is 14.5 Å². The number of imidazole rings is 1. The van der Waals surface area contributed by atoms with Crippen molar-refractivity contribution in [3.8, 4) is 5.75 Å². The monoisotopic (exact) mass is 341 g/mol. The molecule has 0 unspecified atom stereocenters. The van der Waals surface area contributed by atoms with Crippen LogP contribution in [-0.4, -0.2) is 33.0 Å². The molecule has 0 saturated carbocycles. The average Bonchev–Trinajstić information content (AvgIpc) is 2.91. The number of ether oxygens (including phenoxy) is 1. The van der Waals surface area contributed by atoms with Gasteiger partial charge in [0.05, 0.1) is 23.9 Å². The quantitative estimate of drug-likeness (QED) is 0.855. The van der Waals surface area contributed by atoms with Gasteiger partial charge in [0, 0.05) is 31.6 Å². The zero-order valence-electron chi connectivity index (χ0n) is 15.7. The molecule has 2 heterocycles. The lowest BCUT2D eigenvalue weighted by Crippen LogP contribution is -2.36. The van der Waals surface area contributed by atoms with Gasteiger partial charge in [0.2, 0.25) is 0 Å². The number of rotatable bonds is 4. The molecule has 3 rings (SSSR count). The van der Waals surface area contributed by atoms with Crippen LogP contribution in [0.3, 0.4) is 0 Å². The summed E-state index contributed by atoms with van der Waals surface area (Å²) in [5.41, 5.74) is 2.90. The Morgan fingerprint density at radius 3 is 2.60 bits per heavy atom. The van der Waals surface area contributed by atoms with Crippen molar-refractivity contribution in [3.63, 3.8) is 0 Å². The Kier molecular flexibility index (Phi) is 4.84. The number of amides is 1. The summed E-state index contributed by atoms with van der Waals surface area (Å²) < 4.78 is 8.01. The Morgan fingerprint density at radius 2 is 1.92 bits per heavy atom. The summed E-state index contributed by atoms with van der Waals surface area (Å²) in [6.45, 7) is 9.50. The first-order valence-corrected chi connectivity index (χ1v) is 8.97. The Balaban J connectivity index is 1.85. The van der Waals surface area contributed by atoms with Crippen LogP contribution in [0.1, 0.15) is 61.2 Å². The van der Waals surface area contributed by atoms with Crippen molar-refractivity contribution in [2.75, 3.05) is 6.54 Å². The summed E-state index contributed by atoms with van der Waals surface area (Å²) in [4.78, 5) is 19.7. The lowest BCUT2D eigenvalue weighted by atomic mass is 10.1. The minimum Gasteiger partial charge on any atom is -0.490 e. The largest absolute Gasteiger partial charge is 0.490 e. The van der Waals surface area contributed by atoms with Gasteiger partial charge in [-0.2, -0.15) is 0 Å². The predicted molar refractivity (Wildman–Crippen MR) is 97.9 cm³/mol. The minimum atomic E-state index is 0.0126. The maximum atomic E-state index is 13.0. The molecule has 0 aliphatic carbocycles. The van der Waals surface area contributed by atoms with Gasteiger partial charge in [-0.15, -0.1) is 0 Å². The van der Waals surface area contributed by atoms with Crippen LogP contribution in [0.5, 0.6) is 5.75 Å². The van der Waals surface area contributed by atoms with Crippen LogP contribution in [0.25, 0.3) is 0 Å². The van der Waals surface area contributed by atoms with Crippen LogP contribution < -0.4 is 4.74 Å². The number of carbonyl (C=O) groups is 1. The molecular formula is C20H27N3O2. The van der Waals surface area contributed by atoms with E-state index in [4.69, 9.17) is 9.72 Å². The Morgan fingerprint density at radius 1 is 1.20 bits per heavy atom. The van der Waals surface area contributed by atoms with Gasteiger partial charge >= 0.3 is 0 Å². The first kappa shape index (κ1) is 17.5. The molecule has 2 aromatic rings. The van der Waals surface area contributed by atoms with Gasteiger partial charge in [-0.3, -0.25) is 4.79 Å². The van der Waals surface area contributed by atoms with Crippen molar-refractivity contribution < 1.29 is 9.53 Å². The number of fused-ring (bicyclic) bond motifs is 1. The molecule has 0 fully saturated rings. The number of hydrogen-bond acceptors (Lipinski definition) is 3. The molecule has 1 aliphatic heterocycles. The molecule has 1 aromatic heterocycles. The highest BCUT2D eigenvalue weighted by atomic mass is 16.5. The van der Waals surface area contributed by atoms with Crippen molar-refractivity contribution >= 4 is 5.91 Å². The fourth-order valence-electron chi connectivity index (χ4n) is 3.41. The van der Waals surface area contributed by atoms with Gasteiger partial charge in [-0.05, 0) is 26.0 Å². The fraction of sp³-hybridized carbons (Fsp3) is 0.500. The number of para-hydroxylation sites is 1. The highest BCUT2D eigenvalue weighted by Gasteiger charge is 2.28. The third-order valence-electron chi connectivity index (χ3n) is 4.57. The van der Waals surface area contributed by atoms with Crippen LogP contribution in [-0.2, 0) is 20.0 Å². The maximum absolute atomic E-state index is 13.0. The third kappa shape index (κ3) is 3.41. The molecule has 1 aliphatic rings. The molecule has 134 valence electrons. The van der Waals surface area contributed by atoms with E-state index in [9.17, 15) is 4.79 Å². The molecule has 0 spiro atoms. The zero-order valence-corrected chi connectivity index (χ0v) is 15.7. The second-order valence-electron chi connectivity index (χ2n) is 7.22. The van der Waals surface area contributed by atoms with Crippen LogP contribution >= 0.6 is 0 Å². The van der Waals surface area contributed by atoms with Crippen molar-refractivity contribution in [1.29, 1.82) is 0 Å². The van der Waals surface area contributed by atoms with E-state index in [1.165, 1.54) is 5.69 Å². The minimum absolute atomic E-state index is 0.0126. The van der Waals surface area contributed by atoms with E-state index >= 15 is 0 Å². The summed E-state index contributed by atoms with van der Waals surface area (Å²) in [5.74, 6) is 2.12. The molecule has 0 saturated heterocycles. The van der Waals surface area contributed by atoms with Gasteiger partial charge < -0.3 is 14.2 Å². The van der Waals surface area contributed by atoms with Crippen molar-refractivity contribution in [3.05, 3.63) is 47.0 Å². The molecule has 0 radical (unpaired) electrons. The maximum Gasteiger partial charge on any atom is 0.257 e. The number of hydrogen-bond donors (Lipinski definition) is 0. The molecule has 1 amide bonds. The third-order valence-corrected chi connectivity index (χ3v) is 4.57. The van der Waals surface area contributed by atoms with E-state index < -0.39 is 0 Å². The highest BCUT2D eigenvalue weighted by Crippen LogP contribution is 2.27. The first-order valence-electron chi connectivity index (χ1n) is 8.97. The number of benzene rings is 1. The van der Waals surface area contributed by atoms with E-state index in [-0.39, 0.29) is 12.0 Å². The normalized spacial score (nSPS) is 14.1. The van der Waals surface area contributed by atoms with Crippen molar-refractivity contribution in [2.24, 2.45) is 7.05 Å². The molecule has 25 heavy (non-hydrogen) atoms. The van der Waals surface area contributed by atoms with Gasteiger partial charge in [-0.1, -0.05) is 26.0 Å². The second-order valence-corrected chi connectivity index (χ2v) is 7.22. The van der Waals surface area contributed by atoms with Gasteiger partial charge in [0.25, 0.3) is 5.91 Å². The van der Waals surface area contributed by atoms with E-state index in [2.05, 4.69) is 25.5 Å². The first-order chi connectivity index (χ1) is 11.9. The topological polar surface area (TPSA) is 47.4 Å². The van der Waals surface area contributed by atoms with Gasteiger partial charge in [-0.25, -0.2) is 4.98 Å². The predicted octanol–water partition coefficient (Wildman–Crippen LogP) is 3.53. The number of carbonyl (C=O) groups excluding carboxylic acids is 1. The molecule has 0 atom stereocenters. The van der Waals surface area contributed by atoms with E-state index in [0.717, 1.165) is 17.9 Å².